The lowest BCUT2D eigenvalue weighted by atomic mass is 9.96. The zero-order chi connectivity index (χ0) is 31.9. The highest BCUT2D eigenvalue weighted by atomic mass is 16.3. The van der Waals surface area contributed by atoms with Gasteiger partial charge in [0.1, 0.15) is 11.2 Å². The molecule has 8 aromatic carbocycles. The summed E-state index contributed by atoms with van der Waals surface area (Å²) in [5, 5.41) is 4.78. The summed E-state index contributed by atoms with van der Waals surface area (Å²) in [6.45, 7) is 0. The predicted molar refractivity (Wildman–Crippen MR) is 202 cm³/mol. The molecule has 0 spiro atoms. The standard InChI is InChI=1S/C46H31NO/c1-2-13-40(14-3-1)47(42-27-28-44-43-15-6-7-16-45(43)48-46(44)31-42)41-25-23-34(24-26-41)33-17-19-35(20-18-33)37-11-8-12-38(29-37)39-22-21-32-9-4-5-10-36(32)30-39/h1-31H. The fraction of sp³-hybridized carbons (Fsp3) is 0. The van der Waals surface area contributed by atoms with Crippen molar-refractivity contribution in [3.05, 3.63) is 188 Å². The van der Waals surface area contributed by atoms with Gasteiger partial charge in [0.2, 0.25) is 0 Å². The third-order valence-corrected chi connectivity index (χ3v) is 9.26. The van der Waals surface area contributed by atoms with E-state index in [1.165, 1.54) is 44.2 Å². The van der Waals surface area contributed by atoms with Crippen LogP contribution in [0.2, 0.25) is 0 Å². The van der Waals surface area contributed by atoms with E-state index < -0.39 is 0 Å². The van der Waals surface area contributed by atoms with Gasteiger partial charge < -0.3 is 9.32 Å². The van der Waals surface area contributed by atoms with Gasteiger partial charge in [0.15, 0.2) is 0 Å². The molecule has 9 aromatic rings. The Labute approximate surface area is 279 Å². The molecule has 9 rings (SSSR count). The summed E-state index contributed by atoms with van der Waals surface area (Å²) in [6, 6.07) is 66.9. The minimum atomic E-state index is 0.883. The van der Waals surface area contributed by atoms with E-state index in [1.54, 1.807) is 0 Å². The van der Waals surface area contributed by atoms with Crippen LogP contribution < -0.4 is 4.90 Å². The summed E-state index contributed by atoms with van der Waals surface area (Å²) in [5.74, 6) is 0. The van der Waals surface area contributed by atoms with Crippen LogP contribution in [0.15, 0.2) is 192 Å². The van der Waals surface area contributed by atoms with Gasteiger partial charge in [0, 0.05) is 33.9 Å². The van der Waals surface area contributed by atoms with Crippen molar-refractivity contribution in [2.75, 3.05) is 4.90 Å². The third kappa shape index (κ3) is 5.10. The number of fused-ring (bicyclic) bond motifs is 4. The maximum absolute atomic E-state index is 6.25. The molecule has 0 bridgehead atoms. The molecular weight excluding hydrogens is 583 g/mol. The molecule has 0 radical (unpaired) electrons. The van der Waals surface area contributed by atoms with E-state index in [1.807, 2.05) is 12.1 Å². The first-order chi connectivity index (χ1) is 23.8. The van der Waals surface area contributed by atoms with Gasteiger partial charge in [-0.1, -0.05) is 127 Å². The maximum Gasteiger partial charge on any atom is 0.137 e. The Morgan fingerprint density at radius 1 is 0.292 bits per heavy atom. The van der Waals surface area contributed by atoms with Gasteiger partial charge >= 0.3 is 0 Å². The van der Waals surface area contributed by atoms with Crippen LogP contribution in [0.25, 0.3) is 66.1 Å². The van der Waals surface area contributed by atoms with E-state index in [2.05, 4.69) is 181 Å². The van der Waals surface area contributed by atoms with Gasteiger partial charge in [-0.15, -0.1) is 0 Å². The van der Waals surface area contributed by atoms with E-state index in [-0.39, 0.29) is 0 Å². The third-order valence-electron chi connectivity index (χ3n) is 9.26. The second-order valence-corrected chi connectivity index (χ2v) is 12.2. The van der Waals surface area contributed by atoms with E-state index >= 15 is 0 Å². The quantitative estimate of drug-likeness (QED) is 0.185. The lowest BCUT2D eigenvalue weighted by molar-refractivity contribution is 0.669. The number of furan rings is 1. The zero-order valence-corrected chi connectivity index (χ0v) is 26.3. The van der Waals surface area contributed by atoms with Crippen molar-refractivity contribution in [2.45, 2.75) is 0 Å². The van der Waals surface area contributed by atoms with Gasteiger partial charge in [0.05, 0.1) is 0 Å². The van der Waals surface area contributed by atoms with Crippen molar-refractivity contribution in [2.24, 2.45) is 0 Å². The number of rotatable bonds is 6. The van der Waals surface area contributed by atoms with Crippen molar-refractivity contribution >= 4 is 49.8 Å². The van der Waals surface area contributed by atoms with Crippen LogP contribution in [0.3, 0.4) is 0 Å². The van der Waals surface area contributed by atoms with Crippen LogP contribution in [0, 0.1) is 0 Å². The molecule has 1 heterocycles. The largest absolute Gasteiger partial charge is 0.456 e. The SMILES string of the molecule is c1ccc(N(c2ccc(-c3ccc(-c4cccc(-c5ccc6ccccc6c5)c4)cc3)cc2)c2ccc3c(c2)oc2ccccc23)cc1. The monoisotopic (exact) mass is 613 g/mol. The first-order valence-electron chi connectivity index (χ1n) is 16.3. The summed E-state index contributed by atoms with van der Waals surface area (Å²) in [7, 11) is 0. The zero-order valence-electron chi connectivity index (χ0n) is 26.3. The topological polar surface area (TPSA) is 16.4 Å². The first-order valence-corrected chi connectivity index (χ1v) is 16.3. The Hall–Kier alpha value is -6.38. The second-order valence-electron chi connectivity index (χ2n) is 12.2. The summed E-state index contributed by atoms with van der Waals surface area (Å²) in [6.07, 6.45) is 0. The van der Waals surface area contributed by atoms with Crippen LogP contribution in [0.5, 0.6) is 0 Å². The molecule has 48 heavy (non-hydrogen) atoms. The van der Waals surface area contributed by atoms with Crippen molar-refractivity contribution < 1.29 is 4.42 Å². The van der Waals surface area contributed by atoms with Crippen LogP contribution in [0.1, 0.15) is 0 Å². The Morgan fingerprint density at radius 2 is 0.833 bits per heavy atom. The molecule has 0 aliphatic rings. The normalized spacial score (nSPS) is 11.3. The van der Waals surface area contributed by atoms with Crippen LogP contribution >= 0.6 is 0 Å². The highest BCUT2D eigenvalue weighted by molar-refractivity contribution is 6.06. The molecule has 0 aliphatic heterocycles. The van der Waals surface area contributed by atoms with Gasteiger partial charge in [-0.2, -0.15) is 0 Å². The molecule has 2 nitrogen and oxygen atoms in total. The summed E-state index contributed by atoms with van der Waals surface area (Å²) in [5.41, 5.74) is 12.3. The van der Waals surface area contributed by atoms with Gasteiger partial charge in [0.25, 0.3) is 0 Å². The molecule has 0 N–H and O–H groups in total. The molecule has 0 fully saturated rings. The van der Waals surface area contributed by atoms with Crippen molar-refractivity contribution in [3.63, 3.8) is 0 Å². The predicted octanol–water partition coefficient (Wildman–Crippen LogP) is 13.2. The van der Waals surface area contributed by atoms with Crippen LogP contribution in [-0.2, 0) is 0 Å². The minimum Gasteiger partial charge on any atom is -0.456 e. The molecule has 1 aromatic heterocycles. The van der Waals surface area contributed by atoms with Crippen LogP contribution in [0.4, 0.5) is 17.1 Å². The molecule has 0 aliphatic carbocycles. The summed E-state index contributed by atoms with van der Waals surface area (Å²) in [4.78, 5) is 2.28. The molecular formula is C46H31NO. The Bertz CT molecular complexity index is 2540. The van der Waals surface area contributed by atoms with Crippen molar-refractivity contribution in [1.29, 1.82) is 0 Å². The van der Waals surface area contributed by atoms with Gasteiger partial charge in [-0.3, -0.25) is 0 Å². The lowest BCUT2D eigenvalue weighted by Gasteiger charge is -2.25. The molecule has 2 heteroatoms. The second kappa shape index (κ2) is 11.8. The minimum absolute atomic E-state index is 0.883. The summed E-state index contributed by atoms with van der Waals surface area (Å²) >= 11 is 0. The fourth-order valence-electron chi connectivity index (χ4n) is 6.78. The lowest BCUT2D eigenvalue weighted by Crippen LogP contribution is -2.09. The van der Waals surface area contributed by atoms with E-state index in [4.69, 9.17) is 4.42 Å². The van der Waals surface area contributed by atoms with Crippen molar-refractivity contribution in [1.82, 2.24) is 0 Å². The molecule has 0 atom stereocenters. The van der Waals surface area contributed by atoms with Gasteiger partial charge in [-0.25, -0.2) is 0 Å². The number of hydrogen-bond donors (Lipinski definition) is 0. The maximum atomic E-state index is 6.25. The number of anilines is 3. The molecule has 0 saturated carbocycles. The Kier molecular flexibility index (Phi) is 6.84. The smallest absolute Gasteiger partial charge is 0.137 e. The van der Waals surface area contributed by atoms with E-state index in [0.29, 0.717) is 0 Å². The number of benzene rings is 8. The molecule has 0 saturated heterocycles. The molecule has 226 valence electrons. The Balaban J connectivity index is 1.01. The van der Waals surface area contributed by atoms with Crippen LogP contribution in [-0.4, -0.2) is 0 Å². The number of nitrogens with zero attached hydrogens (tertiary/aromatic N) is 1. The Morgan fingerprint density at radius 3 is 1.62 bits per heavy atom. The summed E-state index contributed by atoms with van der Waals surface area (Å²) < 4.78 is 6.25. The average molecular weight is 614 g/mol. The van der Waals surface area contributed by atoms with Gasteiger partial charge in [-0.05, 0) is 98.8 Å². The van der Waals surface area contributed by atoms with Crippen molar-refractivity contribution in [3.8, 4) is 33.4 Å². The number of para-hydroxylation sites is 2. The highest BCUT2D eigenvalue weighted by Crippen LogP contribution is 2.39. The fourth-order valence-corrected chi connectivity index (χ4v) is 6.78. The molecule has 0 amide bonds. The highest BCUT2D eigenvalue weighted by Gasteiger charge is 2.15. The van der Waals surface area contributed by atoms with E-state index in [0.717, 1.165) is 39.0 Å². The molecule has 0 unspecified atom stereocenters. The van der Waals surface area contributed by atoms with E-state index in [9.17, 15) is 0 Å². The first kappa shape index (κ1) is 27.9. The average Bonchev–Trinajstić information content (AvgIpc) is 3.54. The number of hydrogen-bond acceptors (Lipinski definition) is 2.